The Balaban J connectivity index is 2.65. The number of ether oxygens (including phenoxy) is 1. The lowest BCUT2D eigenvalue weighted by molar-refractivity contribution is -0.187. The van der Waals surface area contributed by atoms with Crippen molar-refractivity contribution >= 4 is 29.9 Å². The Morgan fingerprint density at radius 2 is 2.05 bits per heavy atom. The van der Waals surface area contributed by atoms with Gasteiger partial charge in [-0.2, -0.15) is 13.2 Å². The first-order valence-electron chi connectivity index (χ1n) is 5.21. The van der Waals surface area contributed by atoms with Crippen LogP contribution in [0.4, 0.5) is 13.2 Å². The molecule has 1 heterocycles. The molecule has 1 aliphatic heterocycles. The van der Waals surface area contributed by atoms with Crippen LogP contribution in [-0.2, 0) is 4.79 Å². The van der Waals surface area contributed by atoms with Crippen molar-refractivity contribution in [2.24, 2.45) is 0 Å². The molecule has 8 heteroatoms. The lowest BCUT2D eigenvalue weighted by atomic mass is 9.99. The molecule has 0 bridgehead atoms. The van der Waals surface area contributed by atoms with Crippen LogP contribution in [-0.4, -0.2) is 29.6 Å². The highest BCUT2D eigenvalue weighted by atomic mass is 35.5. The number of carbonyl (C=O) groups is 2. The lowest BCUT2D eigenvalue weighted by Gasteiger charge is -2.27. The molecule has 0 saturated heterocycles. The van der Waals surface area contributed by atoms with Crippen LogP contribution >= 0.6 is 11.6 Å². The van der Waals surface area contributed by atoms with Gasteiger partial charge in [-0.05, 0) is 18.2 Å². The average Bonchev–Trinajstić information content (AvgIpc) is 2.34. The third-order valence-electron chi connectivity index (χ3n) is 2.61. The molecule has 1 atom stereocenters. The molecule has 1 aliphatic rings. The van der Waals surface area contributed by atoms with E-state index in [-0.39, 0.29) is 28.2 Å². The van der Waals surface area contributed by atoms with Crippen molar-refractivity contribution in [1.82, 2.24) is 0 Å². The van der Waals surface area contributed by atoms with Gasteiger partial charge in [0.15, 0.2) is 6.29 Å². The average molecular weight is 307 g/mol. The van der Waals surface area contributed by atoms with E-state index in [4.69, 9.17) is 16.7 Å². The first-order valence-corrected chi connectivity index (χ1v) is 5.59. The molecule has 0 aromatic heterocycles. The smallest absolute Gasteiger partial charge is 0.430 e. The molecular weight excluding hydrogens is 301 g/mol. The maximum Gasteiger partial charge on any atom is 0.430 e. The number of carboxylic acids is 1. The Morgan fingerprint density at radius 3 is 2.55 bits per heavy atom. The number of alkyl halides is 3. The van der Waals surface area contributed by atoms with E-state index < -0.39 is 23.8 Å². The van der Waals surface area contributed by atoms with Crippen LogP contribution < -0.4 is 4.74 Å². The third kappa shape index (κ3) is 2.49. The molecule has 1 N–H and O–H groups in total. The summed E-state index contributed by atoms with van der Waals surface area (Å²) in [7, 11) is 0. The zero-order valence-corrected chi connectivity index (χ0v) is 10.3. The second-order valence-corrected chi connectivity index (χ2v) is 4.41. The van der Waals surface area contributed by atoms with Crippen LogP contribution in [0.1, 0.15) is 15.9 Å². The Kier molecular flexibility index (Phi) is 3.47. The highest BCUT2D eigenvalue weighted by Gasteiger charge is 2.48. The molecule has 4 nitrogen and oxygen atoms in total. The highest BCUT2D eigenvalue weighted by Crippen LogP contribution is 2.39. The van der Waals surface area contributed by atoms with Crippen LogP contribution in [0.5, 0.6) is 5.75 Å². The number of carbonyl (C=O) groups excluding carboxylic acids is 1. The van der Waals surface area contributed by atoms with Gasteiger partial charge in [0.1, 0.15) is 5.75 Å². The first-order chi connectivity index (χ1) is 9.24. The largest absolute Gasteiger partial charge is 0.478 e. The molecule has 0 radical (unpaired) electrons. The number of hydrogen-bond donors (Lipinski definition) is 1. The topological polar surface area (TPSA) is 63.6 Å². The van der Waals surface area contributed by atoms with Gasteiger partial charge < -0.3 is 9.84 Å². The van der Waals surface area contributed by atoms with E-state index in [1.54, 1.807) is 0 Å². The fourth-order valence-electron chi connectivity index (χ4n) is 1.81. The van der Waals surface area contributed by atoms with Crippen LogP contribution in [0.2, 0.25) is 5.02 Å². The predicted molar refractivity (Wildman–Crippen MR) is 62.9 cm³/mol. The summed E-state index contributed by atoms with van der Waals surface area (Å²) < 4.78 is 43.1. The van der Waals surface area contributed by atoms with Gasteiger partial charge in [0.25, 0.3) is 0 Å². The summed E-state index contributed by atoms with van der Waals surface area (Å²) in [5.74, 6) is -2.10. The van der Waals surface area contributed by atoms with E-state index in [2.05, 4.69) is 4.74 Å². The van der Waals surface area contributed by atoms with E-state index in [1.165, 1.54) is 6.07 Å². The Hall–Kier alpha value is -2.02. The van der Waals surface area contributed by atoms with Crippen molar-refractivity contribution in [3.8, 4) is 5.75 Å². The maximum absolute atomic E-state index is 12.8. The van der Waals surface area contributed by atoms with Crippen molar-refractivity contribution in [2.45, 2.75) is 12.3 Å². The lowest BCUT2D eigenvalue weighted by Crippen LogP contribution is -2.40. The molecule has 0 fully saturated rings. The highest BCUT2D eigenvalue weighted by molar-refractivity contribution is 6.31. The molecular formula is C12H6ClF3O4. The molecule has 1 aromatic rings. The number of hydrogen-bond acceptors (Lipinski definition) is 3. The number of benzene rings is 1. The van der Waals surface area contributed by atoms with Gasteiger partial charge in [-0.25, -0.2) is 4.79 Å². The number of fused-ring (bicyclic) bond motifs is 1. The number of carboxylic acid groups (broad SMARTS) is 1. The normalized spacial score (nSPS) is 17.8. The minimum atomic E-state index is -4.91. The van der Waals surface area contributed by atoms with E-state index in [0.29, 0.717) is 0 Å². The van der Waals surface area contributed by atoms with E-state index in [1.807, 2.05) is 0 Å². The van der Waals surface area contributed by atoms with Crippen molar-refractivity contribution in [3.05, 3.63) is 33.9 Å². The summed E-state index contributed by atoms with van der Waals surface area (Å²) >= 11 is 5.70. The second kappa shape index (κ2) is 4.82. The van der Waals surface area contributed by atoms with E-state index in [0.717, 1.165) is 12.1 Å². The second-order valence-electron chi connectivity index (χ2n) is 3.98. The molecule has 0 aliphatic carbocycles. The van der Waals surface area contributed by atoms with Gasteiger partial charge in [-0.1, -0.05) is 11.6 Å². The zero-order chi connectivity index (χ0) is 15.1. The fraction of sp³-hybridized carbons (Fsp3) is 0.167. The van der Waals surface area contributed by atoms with Crippen molar-refractivity contribution in [1.29, 1.82) is 0 Å². The van der Waals surface area contributed by atoms with Crippen molar-refractivity contribution in [2.75, 3.05) is 0 Å². The standard InChI is InChI=1S/C12H6ClF3O4/c13-7-1-5-3-8(11(18)19)10(12(14,15)16)20-9(5)6(2-7)4-17/h1-4,10H,(H,18,19)/t10-/m0/s1. The van der Waals surface area contributed by atoms with Gasteiger partial charge in [-0.15, -0.1) is 0 Å². The summed E-state index contributed by atoms with van der Waals surface area (Å²) in [6.07, 6.45) is -6.45. The van der Waals surface area contributed by atoms with Gasteiger partial charge in [0.05, 0.1) is 11.1 Å². The SMILES string of the molecule is O=Cc1cc(Cl)cc2c1O[C@H](C(F)(F)F)C(C(=O)O)=C2. The summed E-state index contributed by atoms with van der Waals surface area (Å²) in [6.45, 7) is 0. The number of rotatable bonds is 2. The summed E-state index contributed by atoms with van der Waals surface area (Å²) in [5.41, 5.74) is -1.14. The molecule has 0 unspecified atom stereocenters. The zero-order valence-electron chi connectivity index (χ0n) is 9.57. The van der Waals surface area contributed by atoms with E-state index in [9.17, 15) is 22.8 Å². The van der Waals surface area contributed by atoms with Gasteiger partial charge in [-0.3, -0.25) is 4.79 Å². The Morgan fingerprint density at radius 1 is 1.40 bits per heavy atom. The summed E-state index contributed by atoms with van der Waals surface area (Å²) in [6, 6.07) is 2.36. The summed E-state index contributed by atoms with van der Waals surface area (Å²) in [5, 5.41) is 8.93. The van der Waals surface area contributed by atoms with Crippen molar-refractivity contribution < 1.29 is 32.6 Å². The fourth-order valence-corrected chi connectivity index (χ4v) is 2.04. The molecule has 1 aromatic carbocycles. The molecule has 2 rings (SSSR count). The Bertz CT molecular complexity index is 622. The minimum Gasteiger partial charge on any atom is -0.478 e. The van der Waals surface area contributed by atoms with Crippen LogP contribution in [0.3, 0.4) is 0 Å². The molecule has 106 valence electrons. The van der Waals surface area contributed by atoms with Crippen LogP contribution in [0.25, 0.3) is 6.08 Å². The Labute approximate surface area is 115 Å². The number of aldehydes is 1. The van der Waals surface area contributed by atoms with Gasteiger partial charge in [0, 0.05) is 10.6 Å². The van der Waals surface area contributed by atoms with Gasteiger partial charge in [0.2, 0.25) is 6.10 Å². The molecule has 0 amide bonds. The van der Waals surface area contributed by atoms with Crippen molar-refractivity contribution in [3.63, 3.8) is 0 Å². The third-order valence-corrected chi connectivity index (χ3v) is 2.83. The van der Waals surface area contributed by atoms with Crippen LogP contribution in [0, 0.1) is 0 Å². The molecule has 20 heavy (non-hydrogen) atoms. The van der Waals surface area contributed by atoms with Gasteiger partial charge >= 0.3 is 12.1 Å². The van der Waals surface area contributed by atoms with Crippen LogP contribution in [0.15, 0.2) is 17.7 Å². The molecule has 0 saturated carbocycles. The first kappa shape index (κ1) is 14.4. The van der Waals surface area contributed by atoms with E-state index >= 15 is 0 Å². The quantitative estimate of drug-likeness (QED) is 0.853. The number of aliphatic carboxylic acids is 1. The predicted octanol–water partition coefficient (Wildman–Crippen LogP) is 2.94. The summed E-state index contributed by atoms with van der Waals surface area (Å²) in [4.78, 5) is 21.8. The monoisotopic (exact) mass is 306 g/mol. The number of halogens is 4. The molecule has 0 spiro atoms. The maximum atomic E-state index is 12.8. The minimum absolute atomic E-state index is 0.0116.